The summed E-state index contributed by atoms with van der Waals surface area (Å²) in [6.45, 7) is 6.24. The summed E-state index contributed by atoms with van der Waals surface area (Å²) in [7, 11) is 0. The van der Waals surface area contributed by atoms with Gasteiger partial charge in [-0.25, -0.2) is 19.7 Å². The lowest BCUT2D eigenvalue weighted by molar-refractivity contribution is -0.0333. The van der Waals surface area contributed by atoms with E-state index in [-0.39, 0.29) is 18.3 Å². The first kappa shape index (κ1) is 23.3. The maximum absolute atomic E-state index is 12.7. The summed E-state index contributed by atoms with van der Waals surface area (Å²) in [6, 6.07) is 7.14. The van der Waals surface area contributed by atoms with E-state index < -0.39 is 16.8 Å². The van der Waals surface area contributed by atoms with Gasteiger partial charge in [0.25, 0.3) is 0 Å². The highest BCUT2D eigenvalue weighted by atomic mass is 32.2. The SMILES string of the molecule is CCc1ncc2cc(-c3cc(NC(=O)N4CC[C@@H](SC(F)(F)F)C4)ccc3C)c(C)nc2n1. The van der Waals surface area contributed by atoms with Crippen LogP contribution in [0.4, 0.5) is 23.7 Å². The Morgan fingerprint density at radius 3 is 2.73 bits per heavy atom. The molecule has 0 bridgehead atoms. The average molecular weight is 476 g/mol. The number of carbonyl (C=O) groups excluding carboxylic acids is 1. The van der Waals surface area contributed by atoms with E-state index in [1.807, 2.05) is 39.0 Å². The van der Waals surface area contributed by atoms with Crippen LogP contribution in [0.1, 0.15) is 30.4 Å². The van der Waals surface area contributed by atoms with E-state index in [9.17, 15) is 18.0 Å². The minimum atomic E-state index is -4.29. The zero-order chi connectivity index (χ0) is 23.8. The zero-order valence-corrected chi connectivity index (χ0v) is 19.3. The highest BCUT2D eigenvalue weighted by molar-refractivity contribution is 8.00. The molecule has 1 aromatic carbocycles. The summed E-state index contributed by atoms with van der Waals surface area (Å²) >= 11 is -0.0407. The largest absolute Gasteiger partial charge is 0.442 e. The topological polar surface area (TPSA) is 71.0 Å². The number of carbonyl (C=O) groups is 1. The molecule has 1 saturated heterocycles. The minimum Gasteiger partial charge on any atom is -0.323 e. The smallest absolute Gasteiger partial charge is 0.323 e. The van der Waals surface area contributed by atoms with Crippen LogP contribution in [-0.4, -0.2) is 49.7 Å². The van der Waals surface area contributed by atoms with Gasteiger partial charge in [-0.1, -0.05) is 13.0 Å². The lowest BCUT2D eigenvalue weighted by Crippen LogP contribution is -2.33. The molecule has 6 nitrogen and oxygen atoms in total. The van der Waals surface area contributed by atoms with Gasteiger partial charge in [0, 0.05) is 53.3 Å². The van der Waals surface area contributed by atoms with Crippen LogP contribution in [0.5, 0.6) is 0 Å². The van der Waals surface area contributed by atoms with E-state index in [0.29, 0.717) is 24.3 Å². The van der Waals surface area contributed by atoms with E-state index >= 15 is 0 Å². The molecule has 0 unspecified atom stereocenters. The number of thioether (sulfide) groups is 1. The van der Waals surface area contributed by atoms with Gasteiger partial charge < -0.3 is 10.2 Å². The molecule has 174 valence electrons. The molecule has 1 atom stereocenters. The van der Waals surface area contributed by atoms with Crippen molar-refractivity contribution < 1.29 is 18.0 Å². The van der Waals surface area contributed by atoms with Crippen LogP contribution >= 0.6 is 11.8 Å². The number of amides is 2. The van der Waals surface area contributed by atoms with Gasteiger partial charge in [-0.3, -0.25) is 0 Å². The zero-order valence-electron chi connectivity index (χ0n) is 18.5. The van der Waals surface area contributed by atoms with Gasteiger partial charge in [-0.05, 0) is 61.4 Å². The van der Waals surface area contributed by atoms with Gasteiger partial charge in [0.15, 0.2) is 5.65 Å². The molecule has 3 aromatic rings. The van der Waals surface area contributed by atoms with Crippen molar-refractivity contribution >= 4 is 34.5 Å². The Labute approximate surface area is 194 Å². The van der Waals surface area contributed by atoms with Crippen molar-refractivity contribution in [1.29, 1.82) is 0 Å². The Kier molecular flexibility index (Phi) is 6.47. The minimum absolute atomic E-state index is 0.0407. The maximum Gasteiger partial charge on any atom is 0.442 e. The maximum atomic E-state index is 12.7. The van der Waals surface area contributed by atoms with Crippen molar-refractivity contribution in [2.24, 2.45) is 0 Å². The number of pyridine rings is 1. The molecule has 1 aliphatic heterocycles. The van der Waals surface area contributed by atoms with Crippen LogP contribution in [0, 0.1) is 13.8 Å². The standard InChI is InChI=1S/C23H24F3N5OS/c1-4-20-27-11-15-9-19(14(3)28-21(15)30-20)18-10-16(6-5-13(18)2)29-22(32)31-8-7-17(12-31)33-23(24,25)26/h5-6,9-11,17H,4,7-8,12H2,1-3H3,(H,29,32)/t17-/m1/s1. The lowest BCUT2D eigenvalue weighted by Gasteiger charge is -2.19. The molecule has 3 heterocycles. The molecule has 1 fully saturated rings. The monoisotopic (exact) mass is 475 g/mol. The number of benzene rings is 1. The van der Waals surface area contributed by atoms with Crippen molar-refractivity contribution in [2.75, 3.05) is 18.4 Å². The molecule has 1 N–H and O–H groups in total. The highest BCUT2D eigenvalue weighted by Crippen LogP contribution is 2.38. The molecule has 1 aliphatic rings. The molecule has 2 aromatic heterocycles. The molecule has 33 heavy (non-hydrogen) atoms. The van der Waals surface area contributed by atoms with Crippen LogP contribution in [0.15, 0.2) is 30.5 Å². The molecule has 10 heteroatoms. The number of urea groups is 1. The number of likely N-dealkylation sites (tertiary alicyclic amines) is 1. The molecule has 4 rings (SSSR count). The molecule has 0 radical (unpaired) electrons. The van der Waals surface area contributed by atoms with Crippen LogP contribution in [0.2, 0.25) is 0 Å². The lowest BCUT2D eigenvalue weighted by atomic mass is 9.98. The van der Waals surface area contributed by atoms with E-state index in [0.717, 1.165) is 40.0 Å². The number of nitrogens with zero attached hydrogens (tertiary/aromatic N) is 4. The van der Waals surface area contributed by atoms with Gasteiger partial charge in [-0.15, -0.1) is 0 Å². The highest BCUT2D eigenvalue weighted by Gasteiger charge is 2.37. The predicted octanol–water partition coefficient (Wildman–Crippen LogP) is 5.73. The molecule has 0 aliphatic carbocycles. The Morgan fingerprint density at radius 1 is 1.21 bits per heavy atom. The van der Waals surface area contributed by atoms with Crippen LogP contribution < -0.4 is 5.32 Å². The van der Waals surface area contributed by atoms with Crippen molar-refractivity contribution in [3.05, 3.63) is 47.5 Å². The molecule has 2 amide bonds. The summed E-state index contributed by atoms with van der Waals surface area (Å²) in [6.07, 6.45) is 2.81. The summed E-state index contributed by atoms with van der Waals surface area (Å²) in [5.74, 6) is 0.737. The van der Waals surface area contributed by atoms with Crippen LogP contribution in [-0.2, 0) is 6.42 Å². The Balaban J connectivity index is 1.55. The Morgan fingerprint density at radius 2 is 2.00 bits per heavy atom. The van der Waals surface area contributed by atoms with Crippen molar-refractivity contribution in [2.45, 2.75) is 44.4 Å². The van der Waals surface area contributed by atoms with E-state index in [4.69, 9.17) is 0 Å². The third-order valence-electron chi connectivity index (χ3n) is 5.64. The van der Waals surface area contributed by atoms with Gasteiger partial charge in [0.2, 0.25) is 0 Å². The van der Waals surface area contributed by atoms with E-state index in [1.54, 1.807) is 12.3 Å². The molecule has 0 spiro atoms. The number of nitrogens with one attached hydrogen (secondary N) is 1. The summed E-state index contributed by atoms with van der Waals surface area (Å²) < 4.78 is 37.9. The second-order valence-electron chi connectivity index (χ2n) is 8.05. The number of aryl methyl sites for hydroxylation is 3. The van der Waals surface area contributed by atoms with Crippen LogP contribution in [0.3, 0.4) is 0 Å². The van der Waals surface area contributed by atoms with Gasteiger partial charge >= 0.3 is 11.5 Å². The number of anilines is 1. The normalized spacial score (nSPS) is 16.4. The van der Waals surface area contributed by atoms with Crippen molar-refractivity contribution in [3.8, 4) is 11.1 Å². The fourth-order valence-corrected chi connectivity index (χ4v) is 4.78. The Bertz CT molecular complexity index is 1200. The second-order valence-corrected chi connectivity index (χ2v) is 9.42. The number of alkyl halides is 3. The average Bonchev–Trinajstić information content (AvgIpc) is 3.21. The van der Waals surface area contributed by atoms with Gasteiger partial charge in [0.05, 0.1) is 0 Å². The first-order valence-electron chi connectivity index (χ1n) is 10.7. The van der Waals surface area contributed by atoms with Crippen molar-refractivity contribution in [1.82, 2.24) is 19.9 Å². The fraction of sp³-hybridized carbons (Fsp3) is 0.391. The fourth-order valence-electron chi connectivity index (χ4n) is 3.92. The van der Waals surface area contributed by atoms with E-state index in [2.05, 4.69) is 20.3 Å². The van der Waals surface area contributed by atoms with E-state index in [1.165, 1.54) is 4.90 Å². The molecular weight excluding hydrogens is 451 g/mol. The van der Waals surface area contributed by atoms with Gasteiger partial charge in [-0.2, -0.15) is 13.2 Å². The molecule has 0 saturated carbocycles. The summed E-state index contributed by atoms with van der Waals surface area (Å²) in [5, 5.41) is 3.02. The third kappa shape index (κ3) is 5.38. The first-order chi connectivity index (χ1) is 15.6. The number of aromatic nitrogens is 3. The first-order valence-corrected chi connectivity index (χ1v) is 11.6. The van der Waals surface area contributed by atoms with Gasteiger partial charge in [0.1, 0.15) is 5.82 Å². The number of hydrogen-bond acceptors (Lipinski definition) is 5. The summed E-state index contributed by atoms with van der Waals surface area (Å²) in [5.41, 5.74) is 0.554. The quantitative estimate of drug-likeness (QED) is 0.522. The Hall–Kier alpha value is -2.88. The summed E-state index contributed by atoms with van der Waals surface area (Å²) in [4.78, 5) is 27.6. The number of rotatable bonds is 4. The second kappa shape index (κ2) is 9.17. The van der Waals surface area contributed by atoms with Crippen LogP contribution in [0.25, 0.3) is 22.2 Å². The number of fused-ring (bicyclic) bond motifs is 1. The molecular formula is C23H24F3N5OS. The third-order valence-corrected chi connectivity index (χ3v) is 6.62. The van der Waals surface area contributed by atoms with Crippen molar-refractivity contribution in [3.63, 3.8) is 0 Å². The predicted molar refractivity (Wildman–Crippen MR) is 124 cm³/mol. The number of hydrogen-bond donors (Lipinski definition) is 1. The number of halogens is 3.